The Bertz CT molecular complexity index is 712. The summed E-state index contributed by atoms with van der Waals surface area (Å²) < 4.78 is 0. The second-order valence-corrected chi connectivity index (χ2v) is 8.08. The normalized spacial score (nSPS) is 18.8. The molecule has 2 aliphatic rings. The molecule has 0 N–H and O–H groups in total. The molecule has 0 aromatic heterocycles. The average molecular weight is 369 g/mol. The summed E-state index contributed by atoms with van der Waals surface area (Å²) in [5.74, 6) is 0.470. The number of rotatable bonds is 7. The van der Waals surface area contributed by atoms with E-state index in [9.17, 15) is 9.59 Å². The predicted octanol–water partition coefficient (Wildman–Crippen LogP) is 4.39. The molecule has 2 aliphatic heterocycles. The zero-order valence-corrected chi connectivity index (χ0v) is 17.0. The van der Waals surface area contributed by atoms with Crippen LogP contribution in [0.4, 0.5) is 0 Å². The maximum Gasteiger partial charge on any atom is 0.277 e. The van der Waals surface area contributed by atoms with Crippen molar-refractivity contribution in [2.75, 3.05) is 19.6 Å². The molecule has 0 spiro atoms. The summed E-state index contributed by atoms with van der Waals surface area (Å²) in [6.45, 7) is 8.70. The van der Waals surface area contributed by atoms with E-state index >= 15 is 0 Å². The van der Waals surface area contributed by atoms with Gasteiger partial charge >= 0.3 is 0 Å². The third-order valence-electron chi connectivity index (χ3n) is 5.82. The summed E-state index contributed by atoms with van der Waals surface area (Å²) in [4.78, 5) is 30.1. The highest BCUT2D eigenvalue weighted by molar-refractivity contribution is 6.35. The van der Waals surface area contributed by atoms with Gasteiger partial charge in [-0.1, -0.05) is 62.9 Å². The van der Waals surface area contributed by atoms with Crippen LogP contribution in [0, 0.1) is 12.8 Å². The van der Waals surface area contributed by atoms with Gasteiger partial charge in [0.1, 0.15) is 5.70 Å². The van der Waals surface area contributed by atoms with Crippen LogP contribution in [0.25, 0.3) is 5.57 Å². The van der Waals surface area contributed by atoms with Crippen LogP contribution < -0.4 is 0 Å². The van der Waals surface area contributed by atoms with Gasteiger partial charge in [-0.25, -0.2) is 0 Å². The van der Waals surface area contributed by atoms with E-state index in [4.69, 9.17) is 0 Å². The molecule has 27 heavy (non-hydrogen) atoms. The predicted molar refractivity (Wildman–Crippen MR) is 109 cm³/mol. The molecule has 0 saturated carbocycles. The number of nitrogens with zero attached hydrogens (tertiary/aromatic N) is 2. The van der Waals surface area contributed by atoms with Crippen LogP contribution in [0.15, 0.2) is 30.0 Å². The number of amides is 2. The van der Waals surface area contributed by atoms with E-state index < -0.39 is 0 Å². The van der Waals surface area contributed by atoms with Crippen LogP contribution >= 0.6 is 0 Å². The van der Waals surface area contributed by atoms with Gasteiger partial charge in [0.25, 0.3) is 11.8 Å². The van der Waals surface area contributed by atoms with Gasteiger partial charge in [-0.3, -0.25) is 14.5 Å². The SMILES string of the molecule is CCCCCCN1C(=O)C(c2ccc(C)cc2)=C(N2CCC(C)CC2)C1=O. The van der Waals surface area contributed by atoms with E-state index in [-0.39, 0.29) is 11.8 Å². The summed E-state index contributed by atoms with van der Waals surface area (Å²) in [7, 11) is 0. The quantitative estimate of drug-likeness (QED) is 0.529. The van der Waals surface area contributed by atoms with Crippen molar-refractivity contribution in [3.05, 3.63) is 41.1 Å². The Morgan fingerprint density at radius 3 is 2.26 bits per heavy atom. The third-order valence-corrected chi connectivity index (χ3v) is 5.82. The number of hydrogen-bond acceptors (Lipinski definition) is 3. The molecule has 2 heterocycles. The van der Waals surface area contributed by atoms with E-state index in [0.717, 1.165) is 62.7 Å². The summed E-state index contributed by atoms with van der Waals surface area (Å²) in [5, 5.41) is 0. The van der Waals surface area contributed by atoms with Crippen LogP contribution in [0.1, 0.15) is 63.5 Å². The molecule has 1 saturated heterocycles. The van der Waals surface area contributed by atoms with Crippen molar-refractivity contribution < 1.29 is 9.59 Å². The summed E-state index contributed by atoms with van der Waals surface area (Å²) in [6, 6.07) is 7.98. The molecule has 0 bridgehead atoms. The number of likely N-dealkylation sites (tertiary alicyclic amines) is 1. The molecule has 4 heteroatoms. The maximum atomic E-state index is 13.2. The van der Waals surface area contributed by atoms with Crippen LogP contribution in [0.2, 0.25) is 0 Å². The molecular weight excluding hydrogens is 336 g/mol. The van der Waals surface area contributed by atoms with Crippen molar-refractivity contribution in [3.63, 3.8) is 0 Å². The summed E-state index contributed by atoms with van der Waals surface area (Å²) >= 11 is 0. The first kappa shape index (κ1) is 19.7. The lowest BCUT2D eigenvalue weighted by Crippen LogP contribution is -2.38. The number of unbranched alkanes of at least 4 members (excludes halogenated alkanes) is 3. The smallest absolute Gasteiger partial charge is 0.277 e. The number of carbonyl (C=O) groups is 2. The average Bonchev–Trinajstić information content (AvgIpc) is 2.91. The molecule has 1 fully saturated rings. The van der Waals surface area contributed by atoms with Crippen LogP contribution in [-0.2, 0) is 9.59 Å². The second-order valence-electron chi connectivity index (χ2n) is 8.08. The van der Waals surface area contributed by atoms with E-state index in [1.165, 1.54) is 4.90 Å². The molecule has 3 rings (SSSR count). The lowest BCUT2D eigenvalue weighted by atomic mass is 9.97. The highest BCUT2D eigenvalue weighted by Gasteiger charge is 2.41. The Morgan fingerprint density at radius 1 is 0.963 bits per heavy atom. The Balaban J connectivity index is 1.89. The van der Waals surface area contributed by atoms with E-state index in [2.05, 4.69) is 18.7 Å². The highest BCUT2D eigenvalue weighted by Crippen LogP contribution is 2.34. The number of aryl methyl sites for hydroxylation is 1. The number of piperidine rings is 1. The minimum absolute atomic E-state index is 0.0957. The van der Waals surface area contributed by atoms with Crippen molar-refractivity contribution in [1.29, 1.82) is 0 Å². The number of carbonyl (C=O) groups excluding carboxylic acids is 2. The first-order chi connectivity index (χ1) is 13.0. The molecule has 0 atom stereocenters. The van der Waals surface area contributed by atoms with Gasteiger partial charge in [-0.05, 0) is 37.7 Å². The molecule has 0 radical (unpaired) electrons. The standard InChI is InChI=1S/C23H32N2O2/c1-4-5-6-7-14-25-22(26)20(19-10-8-17(2)9-11-19)21(23(25)27)24-15-12-18(3)13-16-24/h8-11,18H,4-7,12-16H2,1-3H3. The monoisotopic (exact) mass is 368 g/mol. The highest BCUT2D eigenvalue weighted by atomic mass is 16.2. The lowest BCUT2D eigenvalue weighted by Gasteiger charge is -2.32. The van der Waals surface area contributed by atoms with Gasteiger partial charge in [0.2, 0.25) is 0 Å². The second kappa shape index (κ2) is 8.73. The van der Waals surface area contributed by atoms with E-state index in [0.29, 0.717) is 23.7 Å². The van der Waals surface area contributed by atoms with E-state index in [1.807, 2.05) is 31.2 Å². The fraction of sp³-hybridized carbons (Fsp3) is 0.565. The lowest BCUT2D eigenvalue weighted by molar-refractivity contribution is -0.137. The molecule has 2 amide bonds. The number of hydrogen-bond donors (Lipinski definition) is 0. The first-order valence-corrected chi connectivity index (χ1v) is 10.5. The summed E-state index contributed by atoms with van der Waals surface area (Å²) in [5.41, 5.74) is 3.25. The van der Waals surface area contributed by atoms with Crippen LogP contribution in [-0.4, -0.2) is 41.2 Å². The van der Waals surface area contributed by atoms with Gasteiger partial charge in [0.15, 0.2) is 0 Å². The van der Waals surface area contributed by atoms with Crippen LogP contribution in [0.3, 0.4) is 0 Å². The van der Waals surface area contributed by atoms with Gasteiger partial charge in [0.05, 0.1) is 5.57 Å². The number of benzene rings is 1. The first-order valence-electron chi connectivity index (χ1n) is 10.5. The Labute approximate surface area is 163 Å². The van der Waals surface area contributed by atoms with Gasteiger partial charge < -0.3 is 4.90 Å². The molecule has 1 aromatic rings. The largest absolute Gasteiger partial charge is 0.366 e. The zero-order chi connectivity index (χ0) is 19.4. The Morgan fingerprint density at radius 2 is 1.63 bits per heavy atom. The Hall–Kier alpha value is -2.10. The molecule has 4 nitrogen and oxygen atoms in total. The van der Waals surface area contributed by atoms with Gasteiger partial charge in [-0.2, -0.15) is 0 Å². The molecular formula is C23H32N2O2. The minimum Gasteiger partial charge on any atom is -0.366 e. The van der Waals surface area contributed by atoms with Crippen molar-refractivity contribution in [2.24, 2.45) is 5.92 Å². The van der Waals surface area contributed by atoms with Crippen molar-refractivity contribution in [1.82, 2.24) is 9.80 Å². The van der Waals surface area contributed by atoms with Crippen molar-refractivity contribution >= 4 is 17.4 Å². The van der Waals surface area contributed by atoms with Crippen LogP contribution in [0.5, 0.6) is 0 Å². The Kier molecular flexibility index (Phi) is 6.35. The third kappa shape index (κ3) is 4.26. The molecule has 1 aromatic carbocycles. The van der Waals surface area contributed by atoms with Crippen molar-refractivity contribution in [2.45, 2.75) is 59.3 Å². The maximum absolute atomic E-state index is 13.2. The fourth-order valence-electron chi connectivity index (χ4n) is 3.97. The number of imide groups is 1. The molecule has 0 unspecified atom stereocenters. The molecule has 146 valence electrons. The fourth-order valence-corrected chi connectivity index (χ4v) is 3.97. The molecule has 0 aliphatic carbocycles. The van der Waals surface area contributed by atoms with Gasteiger partial charge in [0, 0.05) is 19.6 Å². The van der Waals surface area contributed by atoms with Gasteiger partial charge in [-0.15, -0.1) is 0 Å². The minimum atomic E-state index is -0.117. The topological polar surface area (TPSA) is 40.6 Å². The van der Waals surface area contributed by atoms with E-state index in [1.54, 1.807) is 0 Å². The summed E-state index contributed by atoms with van der Waals surface area (Å²) in [6.07, 6.45) is 6.38. The zero-order valence-electron chi connectivity index (χ0n) is 17.0. The van der Waals surface area contributed by atoms with Crippen molar-refractivity contribution in [3.8, 4) is 0 Å².